The first-order chi connectivity index (χ1) is 10.2. The Hall–Kier alpha value is -1.42. The van der Waals surface area contributed by atoms with Crippen molar-refractivity contribution < 1.29 is 0 Å². The quantitative estimate of drug-likeness (QED) is 0.841. The van der Waals surface area contributed by atoms with E-state index in [9.17, 15) is 0 Å². The van der Waals surface area contributed by atoms with E-state index in [0.717, 1.165) is 38.4 Å². The van der Waals surface area contributed by atoms with Crippen molar-refractivity contribution in [2.45, 2.75) is 6.54 Å². The highest BCUT2D eigenvalue weighted by atomic mass is 79.9. The van der Waals surface area contributed by atoms with Gasteiger partial charge in [0.25, 0.3) is 0 Å². The predicted molar refractivity (Wildman–Crippen MR) is 88.5 cm³/mol. The van der Waals surface area contributed by atoms with Crippen LogP contribution in [0.2, 0.25) is 0 Å². The van der Waals surface area contributed by atoms with Crippen LogP contribution in [0.5, 0.6) is 0 Å². The van der Waals surface area contributed by atoms with Crippen LogP contribution in [0.15, 0.2) is 34.2 Å². The van der Waals surface area contributed by atoms with Crippen LogP contribution in [0, 0.1) is 11.3 Å². The van der Waals surface area contributed by atoms with Crippen molar-refractivity contribution in [2.75, 3.05) is 31.1 Å². The van der Waals surface area contributed by atoms with Gasteiger partial charge in [-0.1, -0.05) is 0 Å². The first-order valence-electron chi connectivity index (χ1n) is 6.82. The molecule has 108 valence electrons. The molecule has 0 spiro atoms. The molecule has 1 saturated heterocycles. The lowest BCUT2D eigenvalue weighted by Crippen LogP contribution is -2.45. The second-order valence-corrected chi connectivity index (χ2v) is 7.53. The summed E-state index contributed by atoms with van der Waals surface area (Å²) in [6, 6.07) is 10.1. The van der Waals surface area contributed by atoms with Crippen molar-refractivity contribution in [3.8, 4) is 6.07 Å². The molecule has 1 aliphatic heterocycles. The third-order valence-corrected chi connectivity index (χ3v) is 5.22. The monoisotopic (exact) mass is 362 g/mol. The highest BCUT2D eigenvalue weighted by Gasteiger charge is 2.18. The Morgan fingerprint density at radius 1 is 1.19 bits per heavy atom. The molecule has 0 saturated carbocycles. The molecule has 0 aliphatic carbocycles. The van der Waals surface area contributed by atoms with Gasteiger partial charge in [-0.05, 0) is 40.2 Å². The summed E-state index contributed by atoms with van der Waals surface area (Å²) >= 11 is 5.31. The zero-order valence-electron chi connectivity index (χ0n) is 11.5. The highest BCUT2D eigenvalue weighted by Crippen LogP contribution is 2.24. The van der Waals surface area contributed by atoms with Crippen LogP contribution >= 0.6 is 27.3 Å². The largest absolute Gasteiger partial charge is 0.368 e. The van der Waals surface area contributed by atoms with Gasteiger partial charge in [-0.2, -0.15) is 5.26 Å². The summed E-state index contributed by atoms with van der Waals surface area (Å²) in [4.78, 5) is 10.3. The van der Waals surface area contributed by atoms with E-state index in [-0.39, 0.29) is 0 Å². The average Bonchev–Trinajstić information content (AvgIpc) is 2.93. The van der Waals surface area contributed by atoms with Gasteiger partial charge in [0, 0.05) is 37.6 Å². The van der Waals surface area contributed by atoms with Gasteiger partial charge in [-0.25, -0.2) is 4.98 Å². The van der Waals surface area contributed by atoms with E-state index < -0.39 is 0 Å². The molecule has 4 nitrogen and oxygen atoms in total. The number of hydrogen-bond donors (Lipinski definition) is 0. The van der Waals surface area contributed by atoms with Crippen LogP contribution in [0.4, 0.5) is 5.69 Å². The molecule has 1 fully saturated rings. The highest BCUT2D eigenvalue weighted by molar-refractivity contribution is 9.11. The molecular formula is C15H15BrN4S. The molecule has 0 radical (unpaired) electrons. The van der Waals surface area contributed by atoms with E-state index in [2.05, 4.69) is 48.9 Å². The molecule has 6 heteroatoms. The minimum absolute atomic E-state index is 0.473. The predicted octanol–water partition coefficient (Wildman–Crippen LogP) is 3.10. The number of nitriles is 1. The van der Waals surface area contributed by atoms with Crippen LogP contribution in [-0.4, -0.2) is 36.1 Å². The molecule has 0 bridgehead atoms. The van der Waals surface area contributed by atoms with Crippen LogP contribution in [0.3, 0.4) is 0 Å². The maximum absolute atomic E-state index is 8.78. The van der Waals surface area contributed by atoms with Crippen LogP contribution < -0.4 is 4.90 Å². The fourth-order valence-electron chi connectivity index (χ4n) is 2.46. The van der Waals surface area contributed by atoms with E-state index in [4.69, 9.17) is 5.26 Å². The van der Waals surface area contributed by atoms with Gasteiger partial charge < -0.3 is 4.90 Å². The Bertz CT molecular complexity index is 638. The van der Waals surface area contributed by atoms with Crippen molar-refractivity contribution in [1.29, 1.82) is 5.26 Å². The molecular weight excluding hydrogens is 348 g/mol. The lowest BCUT2D eigenvalue weighted by Gasteiger charge is -2.35. The minimum Gasteiger partial charge on any atom is -0.368 e. The number of piperazine rings is 1. The first kappa shape index (κ1) is 14.5. The molecule has 1 aliphatic rings. The summed E-state index contributed by atoms with van der Waals surface area (Å²) in [7, 11) is 0. The normalized spacial score (nSPS) is 15.9. The summed E-state index contributed by atoms with van der Waals surface area (Å²) in [6.07, 6.45) is 1.80. The van der Waals surface area contributed by atoms with Crippen molar-refractivity contribution in [3.63, 3.8) is 0 Å². The van der Waals surface area contributed by atoms with Gasteiger partial charge in [0.05, 0.1) is 15.7 Å². The van der Waals surface area contributed by atoms with Crippen molar-refractivity contribution in [3.05, 3.63) is 44.8 Å². The number of pyridine rings is 1. The molecule has 0 N–H and O–H groups in total. The Balaban J connectivity index is 1.56. The Kier molecular flexibility index (Phi) is 4.54. The fourth-order valence-corrected chi connectivity index (χ4v) is 3.99. The van der Waals surface area contributed by atoms with Crippen molar-refractivity contribution in [1.82, 2.24) is 9.88 Å². The summed E-state index contributed by atoms with van der Waals surface area (Å²) in [6.45, 7) is 5.13. The van der Waals surface area contributed by atoms with Gasteiger partial charge in [0.1, 0.15) is 11.8 Å². The summed E-state index contributed by atoms with van der Waals surface area (Å²) in [5.41, 5.74) is 1.58. The molecule has 3 heterocycles. The number of thiophene rings is 1. The standard InChI is InChI=1S/C15H15BrN4S/c16-15-4-3-14(21-15)11-19-5-7-20(8-6-19)13-2-1-12(9-17)18-10-13/h1-4,10H,5-8,11H2. The molecule has 0 unspecified atom stereocenters. The van der Waals surface area contributed by atoms with E-state index in [1.807, 2.05) is 6.07 Å². The topological polar surface area (TPSA) is 43.2 Å². The molecule has 0 atom stereocenters. The third kappa shape index (κ3) is 3.62. The zero-order valence-corrected chi connectivity index (χ0v) is 13.9. The number of aromatic nitrogens is 1. The zero-order chi connectivity index (χ0) is 14.7. The van der Waals surface area contributed by atoms with E-state index in [1.54, 1.807) is 23.6 Å². The number of halogens is 1. The fraction of sp³-hybridized carbons (Fsp3) is 0.333. The molecule has 2 aromatic heterocycles. The summed E-state index contributed by atoms with van der Waals surface area (Å²) in [5.74, 6) is 0. The van der Waals surface area contributed by atoms with Crippen molar-refractivity contribution in [2.24, 2.45) is 0 Å². The van der Waals surface area contributed by atoms with Gasteiger partial charge in [0.15, 0.2) is 0 Å². The second kappa shape index (κ2) is 6.56. The average molecular weight is 363 g/mol. The maximum Gasteiger partial charge on any atom is 0.140 e. The molecule has 3 rings (SSSR count). The van der Waals surface area contributed by atoms with Crippen LogP contribution in [0.25, 0.3) is 0 Å². The van der Waals surface area contributed by atoms with Gasteiger partial charge in [-0.15, -0.1) is 11.3 Å². The molecule has 21 heavy (non-hydrogen) atoms. The minimum atomic E-state index is 0.473. The number of rotatable bonds is 3. The van der Waals surface area contributed by atoms with Gasteiger partial charge >= 0.3 is 0 Å². The van der Waals surface area contributed by atoms with E-state index in [1.165, 1.54) is 8.66 Å². The lowest BCUT2D eigenvalue weighted by molar-refractivity contribution is 0.252. The lowest BCUT2D eigenvalue weighted by atomic mass is 10.2. The first-order valence-corrected chi connectivity index (χ1v) is 8.43. The number of nitrogens with zero attached hydrogens (tertiary/aromatic N) is 4. The number of hydrogen-bond acceptors (Lipinski definition) is 5. The second-order valence-electron chi connectivity index (χ2n) is 4.98. The Morgan fingerprint density at radius 3 is 2.57 bits per heavy atom. The summed E-state index contributed by atoms with van der Waals surface area (Å²) < 4.78 is 1.19. The third-order valence-electron chi connectivity index (χ3n) is 3.61. The maximum atomic E-state index is 8.78. The number of anilines is 1. The SMILES string of the molecule is N#Cc1ccc(N2CCN(Cc3ccc(Br)s3)CC2)cn1. The van der Waals surface area contributed by atoms with Gasteiger partial charge in [0.2, 0.25) is 0 Å². The van der Waals surface area contributed by atoms with Gasteiger partial charge in [-0.3, -0.25) is 4.90 Å². The Morgan fingerprint density at radius 2 is 2.00 bits per heavy atom. The van der Waals surface area contributed by atoms with Crippen LogP contribution in [0.1, 0.15) is 10.6 Å². The van der Waals surface area contributed by atoms with Crippen molar-refractivity contribution >= 4 is 33.0 Å². The van der Waals surface area contributed by atoms with E-state index in [0.29, 0.717) is 5.69 Å². The summed E-state index contributed by atoms with van der Waals surface area (Å²) in [5, 5.41) is 8.78. The van der Waals surface area contributed by atoms with Crippen LogP contribution in [-0.2, 0) is 6.54 Å². The Labute approximate surface area is 136 Å². The molecule has 0 aromatic carbocycles. The van der Waals surface area contributed by atoms with E-state index >= 15 is 0 Å². The molecule has 2 aromatic rings. The smallest absolute Gasteiger partial charge is 0.140 e. The molecule has 0 amide bonds.